The molecule has 1 aromatic heterocycles. The minimum absolute atomic E-state index is 0. The molecule has 0 unspecified atom stereocenters. The SMILES string of the molecule is O.O=C([O-])c1ccc(C(=O)[O-])nc1.[Ni+2].[OH3+].[OH3+].[OH3+].[OH3+]. The van der Waals surface area contributed by atoms with Crippen molar-refractivity contribution in [2.75, 3.05) is 0 Å². The molecule has 0 aromatic carbocycles. The zero-order chi connectivity index (χ0) is 9.14. The van der Waals surface area contributed by atoms with Crippen LogP contribution in [0.15, 0.2) is 18.3 Å². The van der Waals surface area contributed by atoms with Gasteiger partial charge in [0.2, 0.25) is 0 Å². The number of hydrogen-bond donors (Lipinski definition) is 0. The summed E-state index contributed by atoms with van der Waals surface area (Å²) in [7, 11) is 0. The van der Waals surface area contributed by atoms with Crippen LogP contribution in [0.5, 0.6) is 0 Å². The normalized spacial score (nSPS) is 6.22. The zero-order valence-corrected chi connectivity index (χ0v) is 9.93. The first-order valence-electron chi connectivity index (χ1n) is 3.00. The Labute approximate surface area is 111 Å². The predicted molar refractivity (Wildman–Crippen MR) is 56.0 cm³/mol. The molecule has 110 valence electrons. The molecule has 18 heavy (non-hydrogen) atoms. The van der Waals surface area contributed by atoms with Gasteiger partial charge in [0, 0.05) is 11.8 Å². The van der Waals surface area contributed by atoms with Gasteiger partial charge in [-0.1, -0.05) is 0 Å². The van der Waals surface area contributed by atoms with Crippen molar-refractivity contribution in [2.45, 2.75) is 0 Å². The van der Waals surface area contributed by atoms with E-state index >= 15 is 0 Å². The molecule has 1 rings (SSSR count). The Morgan fingerprint density at radius 3 is 1.61 bits per heavy atom. The predicted octanol–water partition coefficient (Wildman–Crippen LogP) is -6.71. The first-order valence-corrected chi connectivity index (χ1v) is 3.00. The van der Waals surface area contributed by atoms with Crippen molar-refractivity contribution in [1.82, 2.24) is 4.98 Å². The molecule has 11 heteroatoms. The van der Waals surface area contributed by atoms with Crippen molar-refractivity contribution >= 4 is 11.9 Å². The maximum Gasteiger partial charge on any atom is 2.00 e. The summed E-state index contributed by atoms with van der Waals surface area (Å²) in [5, 5.41) is 20.3. The molecule has 0 aliphatic heterocycles. The average Bonchev–Trinajstić information content (AvgIpc) is 2.04. The third kappa shape index (κ3) is 9.60. The van der Waals surface area contributed by atoms with Gasteiger partial charge in [-0.3, -0.25) is 4.98 Å². The summed E-state index contributed by atoms with van der Waals surface area (Å²) in [4.78, 5) is 23.6. The minimum atomic E-state index is -1.44. The van der Waals surface area contributed by atoms with Crippen molar-refractivity contribution in [1.29, 1.82) is 0 Å². The van der Waals surface area contributed by atoms with Gasteiger partial charge in [-0.2, -0.15) is 0 Å². The largest absolute Gasteiger partial charge is 2.00 e. The standard InChI is InChI=1S/C7H5NO4.Ni.5H2O/c9-6(10)4-1-2-5(7(11)12)8-3-4;;;;;;/h1-3H,(H,9,10)(H,11,12);;5*1H2/q;+2;;;;;/p+2. The van der Waals surface area contributed by atoms with Gasteiger partial charge in [-0.25, -0.2) is 0 Å². The Balaban J connectivity index is -0.0000000600. The molecular weight excluding hydrogens is 301 g/mol. The Morgan fingerprint density at radius 1 is 0.944 bits per heavy atom. The van der Waals surface area contributed by atoms with E-state index in [0.717, 1.165) is 18.3 Å². The van der Waals surface area contributed by atoms with E-state index in [9.17, 15) is 19.8 Å². The third-order valence-electron chi connectivity index (χ3n) is 1.21. The molecule has 0 fully saturated rings. The molecule has 0 bridgehead atoms. The molecule has 0 spiro atoms. The van der Waals surface area contributed by atoms with E-state index in [0.29, 0.717) is 0 Å². The summed E-state index contributed by atoms with van der Waals surface area (Å²) in [5.74, 6) is -2.84. The molecule has 0 radical (unpaired) electrons. The second-order valence-electron chi connectivity index (χ2n) is 2.01. The molecule has 10 nitrogen and oxygen atoms in total. The molecule has 0 atom stereocenters. The third-order valence-corrected chi connectivity index (χ3v) is 1.21. The number of aromatic nitrogens is 1. The number of carboxylic acid groups (broad SMARTS) is 2. The van der Waals surface area contributed by atoms with Gasteiger partial charge < -0.3 is 47.2 Å². The average molecular weight is 318 g/mol. The summed E-state index contributed by atoms with van der Waals surface area (Å²) in [5.41, 5.74) is -0.472. The molecule has 0 saturated heterocycles. The van der Waals surface area contributed by atoms with Crippen molar-refractivity contribution in [3.63, 3.8) is 0 Å². The van der Waals surface area contributed by atoms with Crippen molar-refractivity contribution in [3.8, 4) is 0 Å². The molecular formula is C7H17NNiO9+4. The number of carbonyl (C=O) groups excluding carboxylic acids is 2. The summed E-state index contributed by atoms with van der Waals surface area (Å²) >= 11 is 0. The quantitative estimate of drug-likeness (QED) is 0.379. The van der Waals surface area contributed by atoms with Gasteiger partial charge in [0.25, 0.3) is 0 Å². The van der Waals surface area contributed by atoms with Crippen LogP contribution in [0.2, 0.25) is 0 Å². The second kappa shape index (κ2) is 15.4. The smallest absolute Gasteiger partial charge is 0.545 e. The van der Waals surface area contributed by atoms with Gasteiger partial charge in [0.05, 0.1) is 17.6 Å². The maximum absolute atomic E-state index is 10.2. The molecule has 0 aliphatic rings. The molecule has 0 saturated carbocycles. The number of pyridine rings is 1. The van der Waals surface area contributed by atoms with Gasteiger partial charge in [-0.05, 0) is 12.1 Å². The topological polar surface area (TPSA) is 257 Å². The van der Waals surface area contributed by atoms with Crippen LogP contribution < -0.4 is 10.2 Å². The second-order valence-corrected chi connectivity index (χ2v) is 2.01. The molecule has 14 N–H and O–H groups in total. The number of carboxylic acids is 2. The number of hydrogen-bond acceptors (Lipinski definition) is 5. The maximum atomic E-state index is 10.2. The molecule has 1 heterocycles. The summed E-state index contributed by atoms with van der Waals surface area (Å²) in [6, 6.07) is 2.13. The van der Waals surface area contributed by atoms with Crippen LogP contribution in [0, 0.1) is 0 Å². The Hall–Kier alpha value is -1.62. The van der Waals surface area contributed by atoms with E-state index in [1.54, 1.807) is 0 Å². The number of rotatable bonds is 2. The van der Waals surface area contributed by atoms with E-state index in [1.807, 2.05) is 0 Å². The van der Waals surface area contributed by atoms with Crippen molar-refractivity contribution < 1.29 is 63.7 Å². The number of aromatic carboxylic acids is 2. The van der Waals surface area contributed by atoms with E-state index in [4.69, 9.17) is 0 Å². The Morgan fingerprint density at radius 2 is 1.39 bits per heavy atom. The number of carbonyl (C=O) groups is 2. The minimum Gasteiger partial charge on any atom is -0.545 e. The Bertz CT molecular complexity index is 295. The van der Waals surface area contributed by atoms with Crippen LogP contribution in [0.3, 0.4) is 0 Å². The van der Waals surface area contributed by atoms with Crippen LogP contribution in [0.4, 0.5) is 0 Å². The fourth-order valence-electron chi connectivity index (χ4n) is 0.635. The molecule has 1 aromatic rings. The fourth-order valence-corrected chi connectivity index (χ4v) is 0.635. The summed E-state index contributed by atoms with van der Waals surface area (Å²) < 4.78 is 0. The van der Waals surface area contributed by atoms with Crippen molar-refractivity contribution in [3.05, 3.63) is 29.6 Å². The van der Waals surface area contributed by atoms with Crippen molar-refractivity contribution in [2.24, 2.45) is 0 Å². The van der Waals surface area contributed by atoms with E-state index in [1.165, 1.54) is 0 Å². The summed E-state index contributed by atoms with van der Waals surface area (Å²) in [6.07, 6.45) is 0.903. The monoisotopic (exact) mass is 317 g/mol. The van der Waals surface area contributed by atoms with Gasteiger partial charge in [0.1, 0.15) is 0 Å². The fraction of sp³-hybridized carbons (Fsp3) is 0. The van der Waals surface area contributed by atoms with Crippen LogP contribution >= 0.6 is 0 Å². The molecule has 0 aliphatic carbocycles. The summed E-state index contributed by atoms with van der Waals surface area (Å²) in [6.45, 7) is 0. The van der Waals surface area contributed by atoms with Gasteiger partial charge in [-0.15, -0.1) is 0 Å². The Kier molecular flexibility index (Phi) is 30.7. The van der Waals surface area contributed by atoms with E-state index < -0.39 is 11.9 Å². The van der Waals surface area contributed by atoms with Gasteiger partial charge in [0.15, 0.2) is 0 Å². The molecule has 0 amide bonds. The number of nitrogens with zero attached hydrogens (tertiary/aromatic N) is 1. The van der Waals surface area contributed by atoms with Gasteiger partial charge >= 0.3 is 16.5 Å². The van der Waals surface area contributed by atoms with E-state index in [2.05, 4.69) is 4.98 Å². The van der Waals surface area contributed by atoms with Crippen LogP contribution in [-0.4, -0.2) is 22.4 Å². The first-order chi connectivity index (χ1) is 5.61. The van der Waals surface area contributed by atoms with Crippen LogP contribution in [0.1, 0.15) is 20.8 Å². The zero-order valence-electron chi connectivity index (χ0n) is 8.94. The first kappa shape index (κ1) is 36.0. The van der Waals surface area contributed by atoms with Crippen LogP contribution in [-0.2, 0) is 38.4 Å². The van der Waals surface area contributed by atoms with E-state index in [-0.39, 0.29) is 55.1 Å². The van der Waals surface area contributed by atoms with Crippen LogP contribution in [0.25, 0.3) is 0 Å².